The van der Waals surface area contributed by atoms with E-state index in [-0.39, 0.29) is 5.91 Å². The van der Waals surface area contributed by atoms with Crippen molar-refractivity contribution in [3.05, 3.63) is 30.0 Å². The molecule has 0 bridgehead atoms. The molecule has 1 N–H and O–H groups in total. The van der Waals surface area contributed by atoms with Gasteiger partial charge in [-0.3, -0.25) is 4.79 Å². The number of aromatic amines is 1. The molecule has 0 fully saturated rings. The van der Waals surface area contributed by atoms with Crippen LogP contribution in [-0.2, 0) is 11.2 Å². The molecule has 21 heavy (non-hydrogen) atoms. The van der Waals surface area contributed by atoms with Crippen LogP contribution in [0.4, 0.5) is 0 Å². The molecule has 0 aliphatic heterocycles. The summed E-state index contributed by atoms with van der Waals surface area (Å²) in [7, 11) is 1.66. The summed E-state index contributed by atoms with van der Waals surface area (Å²) in [4.78, 5) is 17.6. The third kappa shape index (κ3) is 3.38. The van der Waals surface area contributed by atoms with Crippen LogP contribution in [0.25, 0.3) is 10.9 Å². The first kappa shape index (κ1) is 15.4. The lowest BCUT2D eigenvalue weighted by Gasteiger charge is -2.21. The number of aromatic nitrogens is 1. The molecule has 0 aliphatic carbocycles. The van der Waals surface area contributed by atoms with E-state index in [4.69, 9.17) is 4.74 Å². The summed E-state index contributed by atoms with van der Waals surface area (Å²) in [6, 6.07) is 5.92. The quantitative estimate of drug-likeness (QED) is 0.849. The van der Waals surface area contributed by atoms with Crippen LogP contribution in [0, 0.1) is 0 Å². The van der Waals surface area contributed by atoms with Gasteiger partial charge in [-0.2, -0.15) is 0 Å². The van der Waals surface area contributed by atoms with Crippen LogP contribution in [0.5, 0.6) is 5.75 Å². The molecule has 1 aromatic heterocycles. The van der Waals surface area contributed by atoms with E-state index in [1.807, 2.05) is 29.3 Å². The lowest BCUT2D eigenvalue weighted by Crippen LogP contribution is -2.33. The molecule has 114 valence electrons. The van der Waals surface area contributed by atoms with E-state index < -0.39 is 0 Å². The Kier molecular flexibility index (Phi) is 5.26. The molecule has 0 radical (unpaired) electrons. The highest BCUT2D eigenvalue weighted by molar-refractivity contribution is 5.92. The van der Waals surface area contributed by atoms with E-state index in [1.54, 1.807) is 7.11 Å². The zero-order valence-electron chi connectivity index (χ0n) is 13.1. The molecule has 0 saturated carbocycles. The maximum Gasteiger partial charge on any atom is 0.227 e. The van der Waals surface area contributed by atoms with Crippen molar-refractivity contribution in [3.8, 4) is 5.75 Å². The molecular formula is C17H24N2O2. The largest absolute Gasteiger partial charge is 0.495 e. The number of methoxy groups -OCH3 is 1. The molecule has 2 aromatic rings. The molecule has 2 rings (SSSR count). The van der Waals surface area contributed by atoms with Crippen molar-refractivity contribution in [2.45, 2.75) is 33.1 Å². The molecule has 4 heteroatoms. The van der Waals surface area contributed by atoms with E-state index >= 15 is 0 Å². The zero-order chi connectivity index (χ0) is 15.2. The first-order valence-electron chi connectivity index (χ1n) is 7.62. The van der Waals surface area contributed by atoms with Crippen molar-refractivity contribution in [1.29, 1.82) is 0 Å². The van der Waals surface area contributed by atoms with Crippen LogP contribution in [0.3, 0.4) is 0 Å². The Morgan fingerprint density at radius 2 is 1.90 bits per heavy atom. The Morgan fingerprint density at radius 1 is 1.19 bits per heavy atom. The Morgan fingerprint density at radius 3 is 2.52 bits per heavy atom. The average molecular weight is 288 g/mol. The van der Waals surface area contributed by atoms with E-state index in [9.17, 15) is 4.79 Å². The van der Waals surface area contributed by atoms with E-state index in [0.717, 1.165) is 48.1 Å². The summed E-state index contributed by atoms with van der Waals surface area (Å²) in [5.41, 5.74) is 2.01. The minimum atomic E-state index is 0.200. The maximum absolute atomic E-state index is 12.5. The van der Waals surface area contributed by atoms with E-state index in [1.165, 1.54) is 0 Å². The van der Waals surface area contributed by atoms with Crippen molar-refractivity contribution in [3.63, 3.8) is 0 Å². The number of H-pyrrole nitrogens is 1. The smallest absolute Gasteiger partial charge is 0.227 e. The highest BCUT2D eigenvalue weighted by Gasteiger charge is 2.15. The average Bonchev–Trinajstić information content (AvgIpc) is 2.97. The summed E-state index contributed by atoms with van der Waals surface area (Å²) in [5, 5.41) is 1.07. The number of benzene rings is 1. The molecule has 0 atom stereocenters. The number of hydrogen-bond donors (Lipinski definition) is 1. The van der Waals surface area contributed by atoms with Gasteiger partial charge in [0.05, 0.1) is 19.0 Å². The van der Waals surface area contributed by atoms with Gasteiger partial charge in [-0.1, -0.05) is 19.9 Å². The van der Waals surface area contributed by atoms with Crippen LogP contribution < -0.4 is 4.74 Å². The van der Waals surface area contributed by atoms with Crippen molar-refractivity contribution < 1.29 is 9.53 Å². The van der Waals surface area contributed by atoms with Gasteiger partial charge in [-0.15, -0.1) is 0 Å². The van der Waals surface area contributed by atoms with Gasteiger partial charge in [0.25, 0.3) is 0 Å². The Labute approximate surface area is 126 Å². The van der Waals surface area contributed by atoms with Crippen LogP contribution in [0.15, 0.2) is 24.4 Å². The monoisotopic (exact) mass is 288 g/mol. The standard InChI is InChI=1S/C17H24N2O2/c1-4-10-19(11-5-2)16(20)12-13-6-7-15(21-3)17-14(13)8-9-18-17/h6-9,18H,4-5,10-12H2,1-3H3. The summed E-state index contributed by atoms with van der Waals surface area (Å²) in [6.07, 6.45) is 4.32. The van der Waals surface area contributed by atoms with Gasteiger partial charge in [0.15, 0.2) is 0 Å². The first-order chi connectivity index (χ1) is 10.2. The molecule has 0 unspecified atom stereocenters. The third-order valence-electron chi connectivity index (χ3n) is 3.68. The second kappa shape index (κ2) is 7.16. The number of carbonyl (C=O) groups is 1. The second-order valence-corrected chi connectivity index (χ2v) is 5.25. The zero-order valence-corrected chi connectivity index (χ0v) is 13.1. The number of rotatable bonds is 7. The van der Waals surface area contributed by atoms with Crippen molar-refractivity contribution >= 4 is 16.8 Å². The van der Waals surface area contributed by atoms with Crippen LogP contribution in [-0.4, -0.2) is 36.0 Å². The van der Waals surface area contributed by atoms with E-state index in [2.05, 4.69) is 18.8 Å². The van der Waals surface area contributed by atoms with Crippen LogP contribution in [0.1, 0.15) is 32.3 Å². The Hall–Kier alpha value is -1.97. The summed E-state index contributed by atoms with van der Waals surface area (Å²) >= 11 is 0. The fraction of sp³-hybridized carbons (Fsp3) is 0.471. The second-order valence-electron chi connectivity index (χ2n) is 5.25. The van der Waals surface area contributed by atoms with Crippen molar-refractivity contribution in [1.82, 2.24) is 9.88 Å². The van der Waals surface area contributed by atoms with Gasteiger partial charge >= 0.3 is 0 Å². The number of nitrogens with zero attached hydrogens (tertiary/aromatic N) is 1. The number of fused-ring (bicyclic) bond motifs is 1. The molecule has 0 saturated heterocycles. The molecule has 0 aliphatic rings. The van der Waals surface area contributed by atoms with Gasteiger partial charge in [0.2, 0.25) is 5.91 Å². The number of nitrogens with one attached hydrogen (secondary N) is 1. The number of hydrogen-bond acceptors (Lipinski definition) is 2. The molecule has 1 aromatic carbocycles. The lowest BCUT2D eigenvalue weighted by atomic mass is 10.1. The molecule has 4 nitrogen and oxygen atoms in total. The van der Waals surface area contributed by atoms with Crippen molar-refractivity contribution in [2.24, 2.45) is 0 Å². The maximum atomic E-state index is 12.5. The molecular weight excluding hydrogens is 264 g/mol. The highest BCUT2D eigenvalue weighted by atomic mass is 16.5. The van der Waals surface area contributed by atoms with Crippen LogP contribution in [0.2, 0.25) is 0 Å². The van der Waals surface area contributed by atoms with Gasteiger partial charge in [-0.05, 0) is 30.5 Å². The molecule has 1 amide bonds. The Bertz CT molecular complexity index is 598. The normalized spacial score (nSPS) is 10.8. The predicted octanol–water partition coefficient (Wildman–Crippen LogP) is 3.37. The van der Waals surface area contributed by atoms with Gasteiger partial charge in [-0.25, -0.2) is 0 Å². The summed E-state index contributed by atoms with van der Waals surface area (Å²) < 4.78 is 5.34. The van der Waals surface area contributed by atoms with Crippen molar-refractivity contribution in [2.75, 3.05) is 20.2 Å². The predicted molar refractivity (Wildman–Crippen MR) is 85.7 cm³/mol. The lowest BCUT2D eigenvalue weighted by molar-refractivity contribution is -0.130. The van der Waals surface area contributed by atoms with Gasteiger partial charge < -0.3 is 14.6 Å². The summed E-state index contributed by atoms with van der Waals surface area (Å²) in [5.74, 6) is 1.01. The Balaban J connectivity index is 2.23. The van der Waals surface area contributed by atoms with E-state index in [0.29, 0.717) is 6.42 Å². The third-order valence-corrected chi connectivity index (χ3v) is 3.68. The SMILES string of the molecule is CCCN(CCC)C(=O)Cc1ccc(OC)c2[nH]ccc12. The molecule has 1 heterocycles. The fourth-order valence-corrected chi connectivity index (χ4v) is 2.69. The topological polar surface area (TPSA) is 45.3 Å². The number of amides is 1. The first-order valence-corrected chi connectivity index (χ1v) is 7.62. The number of ether oxygens (including phenoxy) is 1. The minimum absolute atomic E-state index is 0.200. The van der Waals surface area contributed by atoms with Crippen LogP contribution >= 0.6 is 0 Å². The summed E-state index contributed by atoms with van der Waals surface area (Å²) in [6.45, 7) is 5.87. The highest BCUT2D eigenvalue weighted by Crippen LogP contribution is 2.27. The van der Waals surface area contributed by atoms with Gasteiger partial charge in [0, 0.05) is 24.7 Å². The molecule has 0 spiro atoms. The fourth-order valence-electron chi connectivity index (χ4n) is 2.69. The number of carbonyl (C=O) groups excluding carboxylic acids is 1. The minimum Gasteiger partial charge on any atom is -0.495 e. The van der Waals surface area contributed by atoms with Gasteiger partial charge in [0.1, 0.15) is 5.75 Å².